The molecular weight excluding hydrogens is 337 g/mol. The molecule has 2 rings (SSSR count). The average molecular weight is 356 g/mol. The van der Waals surface area contributed by atoms with Gasteiger partial charge in [0.15, 0.2) is 0 Å². The van der Waals surface area contributed by atoms with Gasteiger partial charge in [0.05, 0.1) is 11.1 Å². The lowest BCUT2D eigenvalue weighted by atomic mass is 10.1. The maximum absolute atomic E-state index is 10.0. The van der Waals surface area contributed by atoms with Crippen molar-refractivity contribution in [1.29, 1.82) is 0 Å². The Balaban J connectivity index is 1.71. The molecule has 0 radical (unpaired) electrons. The first-order valence-corrected chi connectivity index (χ1v) is 8.02. The van der Waals surface area contributed by atoms with Gasteiger partial charge in [-0.05, 0) is 17.7 Å². The molecule has 0 bridgehead atoms. The van der Waals surface area contributed by atoms with E-state index < -0.39 is 12.2 Å². The van der Waals surface area contributed by atoms with Gasteiger partial charge >= 0.3 is 0 Å². The summed E-state index contributed by atoms with van der Waals surface area (Å²) in [5.74, 6) is 0.433. The van der Waals surface area contributed by atoms with Crippen LogP contribution >= 0.6 is 23.2 Å². The Morgan fingerprint density at radius 1 is 0.957 bits per heavy atom. The molecule has 4 nitrogen and oxygen atoms in total. The molecule has 0 fully saturated rings. The van der Waals surface area contributed by atoms with Gasteiger partial charge in [-0.1, -0.05) is 59.6 Å². The van der Waals surface area contributed by atoms with Crippen molar-refractivity contribution < 1.29 is 14.9 Å². The molecule has 3 N–H and O–H groups in total. The van der Waals surface area contributed by atoms with Crippen LogP contribution in [0.3, 0.4) is 0 Å². The molecule has 0 amide bonds. The first kappa shape index (κ1) is 18.0. The monoisotopic (exact) mass is 355 g/mol. The highest BCUT2D eigenvalue weighted by atomic mass is 35.5. The van der Waals surface area contributed by atoms with E-state index in [1.165, 1.54) is 0 Å². The summed E-state index contributed by atoms with van der Waals surface area (Å²) in [6, 6.07) is 14.4. The van der Waals surface area contributed by atoms with Gasteiger partial charge in [-0.25, -0.2) is 0 Å². The molecule has 0 aliphatic heterocycles. The van der Waals surface area contributed by atoms with E-state index >= 15 is 0 Å². The van der Waals surface area contributed by atoms with Crippen molar-refractivity contribution in [3.8, 4) is 5.75 Å². The van der Waals surface area contributed by atoms with E-state index in [0.29, 0.717) is 28.9 Å². The van der Waals surface area contributed by atoms with Gasteiger partial charge in [0, 0.05) is 13.1 Å². The zero-order chi connectivity index (χ0) is 16.7. The first-order chi connectivity index (χ1) is 11.1. The Hall–Kier alpha value is -1.30. The largest absolute Gasteiger partial charge is 0.489 e. The number of hydrogen-bond acceptors (Lipinski definition) is 4. The number of aliphatic hydroxyl groups excluding tert-OH is 2. The van der Waals surface area contributed by atoms with Crippen LogP contribution in [0.1, 0.15) is 11.7 Å². The Kier molecular flexibility index (Phi) is 7.15. The van der Waals surface area contributed by atoms with E-state index in [2.05, 4.69) is 5.32 Å². The van der Waals surface area contributed by atoms with E-state index in [0.717, 1.165) is 5.56 Å². The molecule has 2 atom stereocenters. The van der Waals surface area contributed by atoms with Crippen molar-refractivity contribution in [1.82, 2.24) is 5.32 Å². The fourth-order valence-electron chi connectivity index (χ4n) is 2.02. The van der Waals surface area contributed by atoms with Crippen molar-refractivity contribution in [3.05, 3.63) is 64.1 Å². The predicted molar refractivity (Wildman–Crippen MR) is 92.2 cm³/mol. The minimum absolute atomic E-state index is 0.0779. The van der Waals surface area contributed by atoms with E-state index in [-0.39, 0.29) is 6.61 Å². The maximum atomic E-state index is 10.0. The van der Waals surface area contributed by atoms with Gasteiger partial charge in [0.1, 0.15) is 23.5 Å². The second kappa shape index (κ2) is 9.11. The SMILES string of the molecule is OC(CNC[C@H](O)c1ccccc1)COc1cccc(Cl)c1Cl. The second-order valence-electron chi connectivity index (χ2n) is 5.10. The lowest BCUT2D eigenvalue weighted by Crippen LogP contribution is -2.33. The second-order valence-corrected chi connectivity index (χ2v) is 5.89. The molecule has 0 aromatic heterocycles. The highest BCUT2D eigenvalue weighted by Crippen LogP contribution is 2.31. The van der Waals surface area contributed by atoms with Crippen LogP contribution in [0.15, 0.2) is 48.5 Å². The molecule has 0 spiro atoms. The van der Waals surface area contributed by atoms with Crippen LogP contribution in [0, 0.1) is 0 Å². The normalized spacial score (nSPS) is 13.6. The lowest BCUT2D eigenvalue weighted by Gasteiger charge is -2.16. The summed E-state index contributed by atoms with van der Waals surface area (Å²) >= 11 is 11.9. The number of benzene rings is 2. The molecule has 0 saturated heterocycles. The van der Waals surface area contributed by atoms with Crippen LogP contribution in [0.2, 0.25) is 10.0 Å². The highest BCUT2D eigenvalue weighted by Gasteiger charge is 2.11. The van der Waals surface area contributed by atoms with Crippen molar-refractivity contribution in [3.63, 3.8) is 0 Å². The fraction of sp³-hybridized carbons (Fsp3) is 0.294. The van der Waals surface area contributed by atoms with Crippen molar-refractivity contribution >= 4 is 23.2 Å². The molecule has 2 aromatic carbocycles. The molecule has 23 heavy (non-hydrogen) atoms. The van der Waals surface area contributed by atoms with Gasteiger partial charge in [0.2, 0.25) is 0 Å². The average Bonchev–Trinajstić information content (AvgIpc) is 2.57. The number of hydrogen-bond donors (Lipinski definition) is 3. The van der Waals surface area contributed by atoms with Gasteiger partial charge in [-0.15, -0.1) is 0 Å². The van der Waals surface area contributed by atoms with Crippen LogP contribution in [0.5, 0.6) is 5.75 Å². The topological polar surface area (TPSA) is 61.7 Å². The maximum Gasteiger partial charge on any atom is 0.139 e. The number of rotatable bonds is 8. The summed E-state index contributed by atoms with van der Waals surface area (Å²) < 4.78 is 5.45. The Morgan fingerprint density at radius 2 is 1.70 bits per heavy atom. The fourth-order valence-corrected chi connectivity index (χ4v) is 2.37. The molecule has 6 heteroatoms. The standard InChI is InChI=1S/C17H19Cl2NO3/c18-14-7-4-8-16(17(14)19)23-11-13(21)9-20-10-15(22)12-5-2-1-3-6-12/h1-8,13,15,20-22H,9-11H2/t13?,15-/m0/s1. The van der Waals surface area contributed by atoms with Crippen molar-refractivity contribution in [2.45, 2.75) is 12.2 Å². The molecule has 2 aromatic rings. The number of aliphatic hydroxyl groups is 2. The van der Waals surface area contributed by atoms with Gasteiger partial charge in [0.25, 0.3) is 0 Å². The van der Waals surface area contributed by atoms with Crippen molar-refractivity contribution in [2.24, 2.45) is 0 Å². The summed E-state index contributed by atoms with van der Waals surface area (Å²) in [7, 11) is 0. The molecule has 124 valence electrons. The van der Waals surface area contributed by atoms with Crippen LogP contribution in [0.4, 0.5) is 0 Å². The number of nitrogens with one attached hydrogen (secondary N) is 1. The van der Waals surface area contributed by atoms with Crippen LogP contribution in [0.25, 0.3) is 0 Å². The third-order valence-corrected chi connectivity index (χ3v) is 4.05. The summed E-state index contributed by atoms with van der Waals surface area (Å²) in [5.41, 5.74) is 0.830. The predicted octanol–water partition coefficient (Wildman–Crippen LogP) is 3.06. The third-order valence-electron chi connectivity index (χ3n) is 3.25. The molecule has 0 heterocycles. The van der Waals surface area contributed by atoms with E-state index in [4.69, 9.17) is 27.9 Å². The Labute approximate surface area is 145 Å². The Bertz CT molecular complexity index is 610. The van der Waals surface area contributed by atoms with Gasteiger partial charge in [-0.2, -0.15) is 0 Å². The first-order valence-electron chi connectivity index (χ1n) is 7.26. The molecular formula is C17H19Cl2NO3. The quantitative estimate of drug-likeness (QED) is 0.680. The highest BCUT2D eigenvalue weighted by molar-refractivity contribution is 6.42. The van der Waals surface area contributed by atoms with E-state index in [1.807, 2.05) is 30.3 Å². The summed E-state index contributed by atoms with van der Waals surface area (Å²) in [4.78, 5) is 0. The number of ether oxygens (including phenoxy) is 1. The Morgan fingerprint density at radius 3 is 2.43 bits per heavy atom. The summed E-state index contributed by atoms with van der Waals surface area (Å²) in [6.07, 6.45) is -1.35. The van der Waals surface area contributed by atoms with Gasteiger partial charge < -0.3 is 20.3 Å². The van der Waals surface area contributed by atoms with Gasteiger partial charge in [-0.3, -0.25) is 0 Å². The van der Waals surface area contributed by atoms with E-state index in [1.54, 1.807) is 18.2 Å². The molecule has 1 unspecified atom stereocenters. The molecule has 0 aliphatic rings. The number of halogens is 2. The smallest absolute Gasteiger partial charge is 0.139 e. The lowest BCUT2D eigenvalue weighted by molar-refractivity contribution is 0.0997. The van der Waals surface area contributed by atoms with Crippen molar-refractivity contribution in [2.75, 3.05) is 19.7 Å². The van der Waals surface area contributed by atoms with Crippen LogP contribution < -0.4 is 10.1 Å². The summed E-state index contributed by atoms with van der Waals surface area (Å²) in [6.45, 7) is 0.718. The molecule has 0 aliphatic carbocycles. The van der Waals surface area contributed by atoms with Crippen LogP contribution in [-0.2, 0) is 0 Å². The minimum Gasteiger partial charge on any atom is -0.489 e. The molecule has 0 saturated carbocycles. The van der Waals surface area contributed by atoms with Crippen LogP contribution in [-0.4, -0.2) is 36.0 Å². The zero-order valence-corrected chi connectivity index (χ0v) is 14.0. The zero-order valence-electron chi connectivity index (χ0n) is 12.5. The summed E-state index contributed by atoms with van der Waals surface area (Å²) in [5, 5.41) is 23.6. The van der Waals surface area contributed by atoms with E-state index in [9.17, 15) is 10.2 Å². The third kappa shape index (κ3) is 5.68. The minimum atomic E-state index is -0.729.